The van der Waals surface area contributed by atoms with Gasteiger partial charge in [0.05, 0.1) is 12.2 Å². The fraction of sp³-hybridized carbons (Fsp3) is 0.300. The van der Waals surface area contributed by atoms with Crippen molar-refractivity contribution in [3.8, 4) is 0 Å². The highest BCUT2D eigenvalue weighted by Gasteiger charge is 2.25. The van der Waals surface area contributed by atoms with Crippen LogP contribution >= 0.6 is 0 Å². The van der Waals surface area contributed by atoms with Gasteiger partial charge in [0.15, 0.2) is 0 Å². The van der Waals surface area contributed by atoms with E-state index in [1.54, 1.807) is 0 Å². The normalized spacial score (nSPS) is 22.2. The zero-order chi connectivity index (χ0) is 14.5. The molecule has 0 spiro atoms. The SMILES string of the molecule is C=C1CC(CCc2ccccc2)OC(c2ccccc2)C1. The van der Waals surface area contributed by atoms with E-state index in [4.69, 9.17) is 4.74 Å². The second kappa shape index (κ2) is 6.73. The molecule has 1 aliphatic rings. The van der Waals surface area contributed by atoms with Gasteiger partial charge in [0, 0.05) is 0 Å². The number of benzene rings is 2. The molecule has 1 aliphatic heterocycles. The van der Waals surface area contributed by atoms with Gasteiger partial charge in [-0.2, -0.15) is 0 Å². The summed E-state index contributed by atoms with van der Waals surface area (Å²) in [6.07, 6.45) is 4.54. The van der Waals surface area contributed by atoms with Crippen molar-refractivity contribution in [2.45, 2.75) is 37.9 Å². The Kier molecular flexibility index (Phi) is 4.52. The Morgan fingerprint density at radius 1 is 0.905 bits per heavy atom. The molecule has 1 heterocycles. The average molecular weight is 278 g/mol. The fourth-order valence-electron chi connectivity index (χ4n) is 3.00. The molecule has 0 aromatic heterocycles. The Labute approximate surface area is 127 Å². The van der Waals surface area contributed by atoms with Crippen LogP contribution in [0.1, 0.15) is 36.5 Å². The van der Waals surface area contributed by atoms with Crippen LogP contribution in [0.15, 0.2) is 72.8 Å². The van der Waals surface area contributed by atoms with Gasteiger partial charge in [-0.3, -0.25) is 0 Å². The molecule has 1 heteroatoms. The molecule has 0 N–H and O–H groups in total. The van der Waals surface area contributed by atoms with Gasteiger partial charge < -0.3 is 4.74 Å². The lowest BCUT2D eigenvalue weighted by Gasteiger charge is -2.32. The van der Waals surface area contributed by atoms with Gasteiger partial charge in [0.25, 0.3) is 0 Å². The molecule has 3 rings (SSSR count). The molecule has 0 aliphatic carbocycles. The van der Waals surface area contributed by atoms with Crippen LogP contribution in [0.25, 0.3) is 0 Å². The van der Waals surface area contributed by atoms with Crippen LogP contribution in [0, 0.1) is 0 Å². The molecule has 0 amide bonds. The summed E-state index contributed by atoms with van der Waals surface area (Å²) in [6, 6.07) is 21.1. The average Bonchev–Trinajstić information content (AvgIpc) is 2.54. The van der Waals surface area contributed by atoms with E-state index in [0.29, 0.717) is 0 Å². The van der Waals surface area contributed by atoms with E-state index in [9.17, 15) is 0 Å². The van der Waals surface area contributed by atoms with Crippen LogP contribution in [-0.4, -0.2) is 6.10 Å². The number of hydrogen-bond acceptors (Lipinski definition) is 1. The number of hydrogen-bond donors (Lipinski definition) is 0. The maximum Gasteiger partial charge on any atom is 0.0865 e. The summed E-state index contributed by atoms with van der Waals surface area (Å²) in [5.41, 5.74) is 3.96. The maximum atomic E-state index is 6.30. The monoisotopic (exact) mass is 278 g/mol. The fourth-order valence-corrected chi connectivity index (χ4v) is 3.00. The molecule has 108 valence electrons. The van der Waals surface area contributed by atoms with E-state index >= 15 is 0 Å². The molecule has 2 atom stereocenters. The van der Waals surface area contributed by atoms with Crippen molar-refractivity contribution >= 4 is 0 Å². The molecule has 1 saturated heterocycles. The molecule has 2 aromatic carbocycles. The summed E-state index contributed by atoms with van der Waals surface area (Å²) < 4.78 is 6.30. The third kappa shape index (κ3) is 3.83. The molecule has 0 bridgehead atoms. The van der Waals surface area contributed by atoms with Gasteiger partial charge in [-0.25, -0.2) is 0 Å². The first-order chi connectivity index (χ1) is 10.3. The molecule has 2 aromatic rings. The van der Waals surface area contributed by atoms with Crippen molar-refractivity contribution in [1.82, 2.24) is 0 Å². The summed E-state index contributed by atoms with van der Waals surface area (Å²) in [7, 11) is 0. The summed E-state index contributed by atoms with van der Waals surface area (Å²) >= 11 is 0. The van der Waals surface area contributed by atoms with Crippen LogP contribution in [0.3, 0.4) is 0 Å². The summed E-state index contributed by atoms with van der Waals surface area (Å²) in [5.74, 6) is 0. The van der Waals surface area contributed by atoms with Gasteiger partial charge in [0.2, 0.25) is 0 Å². The third-order valence-corrected chi connectivity index (χ3v) is 4.12. The van der Waals surface area contributed by atoms with Gasteiger partial charge in [-0.15, -0.1) is 0 Å². The van der Waals surface area contributed by atoms with Crippen molar-refractivity contribution < 1.29 is 4.74 Å². The highest BCUT2D eigenvalue weighted by molar-refractivity contribution is 5.21. The summed E-state index contributed by atoms with van der Waals surface area (Å²) in [4.78, 5) is 0. The molecule has 0 radical (unpaired) electrons. The minimum atomic E-state index is 0.174. The number of ether oxygens (including phenoxy) is 1. The quantitative estimate of drug-likeness (QED) is 0.707. The standard InChI is InChI=1S/C20H22O/c1-16-14-19(13-12-17-8-4-2-5-9-17)21-20(15-16)18-10-6-3-7-11-18/h2-11,19-20H,1,12-15H2. The summed E-state index contributed by atoms with van der Waals surface area (Å²) in [5, 5.41) is 0. The van der Waals surface area contributed by atoms with E-state index in [0.717, 1.165) is 25.7 Å². The van der Waals surface area contributed by atoms with Crippen molar-refractivity contribution in [2.24, 2.45) is 0 Å². The first kappa shape index (κ1) is 14.1. The zero-order valence-corrected chi connectivity index (χ0v) is 12.4. The second-order valence-electron chi connectivity index (χ2n) is 5.84. The van der Waals surface area contributed by atoms with Crippen molar-refractivity contribution in [3.05, 3.63) is 83.9 Å². The van der Waals surface area contributed by atoms with Gasteiger partial charge in [0.1, 0.15) is 0 Å². The molecule has 21 heavy (non-hydrogen) atoms. The van der Waals surface area contributed by atoms with E-state index < -0.39 is 0 Å². The zero-order valence-electron chi connectivity index (χ0n) is 12.4. The highest BCUT2D eigenvalue weighted by atomic mass is 16.5. The summed E-state index contributed by atoms with van der Waals surface area (Å²) in [6.45, 7) is 4.22. The minimum absolute atomic E-state index is 0.174. The Hall–Kier alpha value is -1.86. The highest BCUT2D eigenvalue weighted by Crippen LogP contribution is 2.35. The van der Waals surface area contributed by atoms with Crippen LogP contribution in [0.4, 0.5) is 0 Å². The lowest BCUT2D eigenvalue weighted by atomic mass is 9.92. The topological polar surface area (TPSA) is 9.23 Å². The first-order valence-electron chi connectivity index (χ1n) is 7.72. The third-order valence-electron chi connectivity index (χ3n) is 4.12. The Morgan fingerprint density at radius 3 is 2.29 bits per heavy atom. The van der Waals surface area contributed by atoms with Crippen molar-refractivity contribution in [3.63, 3.8) is 0 Å². The number of rotatable bonds is 4. The number of aryl methyl sites for hydroxylation is 1. The predicted octanol–water partition coefficient (Wildman–Crippen LogP) is 5.10. The van der Waals surface area contributed by atoms with E-state index in [1.165, 1.54) is 16.7 Å². The van der Waals surface area contributed by atoms with E-state index in [-0.39, 0.29) is 12.2 Å². The molecular formula is C20H22O. The van der Waals surface area contributed by atoms with Crippen LogP contribution < -0.4 is 0 Å². The first-order valence-corrected chi connectivity index (χ1v) is 7.72. The predicted molar refractivity (Wildman–Crippen MR) is 87.2 cm³/mol. The van der Waals surface area contributed by atoms with E-state index in [2.05, 4.69) is 61.2 Å². The van der Waals surface area contributed by atoms with Crippen LogP contribution in [0.2, 0.25) is 0 Å². The smallest absolute Gasteiger partial charge is 0.0865 e. The van der Waals surface area contributed by atoms with Gasteiger partial charge >= 0.3 is 0 Å². The molecule has 1 nitrogen and oxygen atoms in total. The maximum absolute atomic E-state index is 6.30. The second-order valence-corrected chi connectivity index (χ2v) is 5.84. The lowest BCUT2D eigenvalue weighted by molar-refractivity contribution is -0.0361. The Morgan fingerprint density at radius 2 is 1.57 bits per heavy atom. The molecule has 2 unspecified atom stereocenters. The lowest BCUT2D eigenvalue weighted by Crippen LogP contribution is -2.24. The largest absolute Gasteiger partial charge is 0.370 e. The van der Waals surface area contributed by atoms with E-state index in [1.807, 2.05) is 6.07 Å². The molecular weight excluding hydrogens is 256 g/mol. The minimum Gasteiger partial charge on any atom is -0.370 e. The Bertz CT molecular complexity index is 573. The van der Waals surface area contributed by atoms with Gasteiger partial charge in [-0.05, 0) is 36.8 Å². The van der Waals surface area contributed by atoms with Crippen molar-refractivity contribution in [1.29, 1.82) is 0 Å². The van der Waals surface area contributed by atoms with Gasteiger partial charge in [-0.1, -0.05) is 72.8 Å². The molecule has 1 fully saturated rings. The van der Waals surface area contributed by atoms with Crippen LogP contribution in [-0.2, 0) is 11.2 Å². The Balaban J connectivity index is 1.62. The van der Waals surface area contributed by atoms with Crippen LogP contribution in [0.5, 0.6) is 0 Å². The van der Waals surface area contributed by atoms with Crippen molar-refractivity contribution in [2.75, 3.05) is 0 Å². The molecule has 0 saturated carbocycles.